The largest absolute Gasteiger partial charge is 0.500 e. The highest BCUT2D eigenvalue weighted by Gasteiger charge is 2.43. The van der Waals surface area contributed by atoms with Gasteiger partial charge in [0.25, 0.3) is 10.0 Å². The van der Waals surface area contributed by atoms with Crippen LogP contribution in [0.1, 0.15) is 68.6 Å². The molecule has 0 saturated heterocycles. The van der Waals surface area contributed by atoms with Crippen molar-refractivity contribution in [3.05, 3.63) is 101 Å². The number of pyridine rings is 1. The average Bonchev–Trinajstić information content (AvgIpc) is 2.98. The van der Waals surface area contributed by atoms with Gasteiger partial charge in [0.15, 0.2) is 5.03 Å². The molecule has 0 spiro atoms. The summed E-state index contributed by atoms with van der Waals surface area (Å²) < 4.78 is 78.9. The second-order valence-electron chi connectivity index (χ2n) is 10.6. The summed E-state index contributed by atoms with van der Waals surface area (Å²) in [4.78, 5) is 17.2. The number of halogens is 3. The predicted octanol–water partition coefficient (Wildman–Crippen LogP) is 7.41. The number of nitrogens with zero attached hydrogens (tertiary/aromatic N) is 1. The van der Waals surface area contributed by atoms with E-state index in [1.807, 2.05) is 44.2 Å². The molecule has 7 nitrogen and oxygen atoms in total. The van der Waals surface area contributed by atoms with Crippen molar-refractivity contribution in [1.29, 1.82) is 0 Å². The van der Waals surface area contributed by atoms with Crippen LogP contribution < -0.4 is 4.72 Å². The summed E-state index contributed by atoms with van der Waals surface area (Å²) in [5.74, 6) is -0.370. The maximum absolute atomic E-state index is 13.7. The number of esters is 1. The highest BCUT2D eigenvalue weighted by atomic mass is 32.2. The molecule has 230 valence electrons. The molecule has 0 saturated carbocycles. The van der Waals surface area contributed by atoms with Crippen molar-refractivity contribution in [2.75, 3.05) is 11.8 Å². The van der Waals surface area contributed by atoms with Gasteiger partial charge in [-0.3, -0.25) is 4.72 Å². The summed E-state index contributed by atoms with van der Waals surface area (Å²) in [6, 6.07) is 18.0. The van der Waals surface area contributed by atoms with Gasteiger partial charge in [0.1, 0.15) is 11.4 Å². The van der Waals surface area contributed by atoms with E-state index in [0.29, 0.717) is 54.8 Å². The van der Waals surface area contributed by atoms with Crippen LogP contribution in [0.5, 0.6) is 0 Å². The Labute approximate surface area is 250 Å². The Bertz CT molecular complexity index is 1560. The first-order valence-corrected chi connectivity index (χ1v) is 15.6. The van der Waals surface area contributed by atoms with Gasteiger partial charge in [-0.05, 0) is 61.1 Å². The van der Waals surface area contributed by atoms with E-state index in [1.54, 1.807) is 18.2 Å². The van der Waals surface area contributed by atoms with E-state index >= 15 is 0 Å². The molecule has 0 aliphatic carbocycles. The minimum atomic E-state index is -4.64. The Hall–Kier alpha value is -3.86. The molecule has 1 N–H and O–H groups in total. The molecule has 2 aromatic carbocycles. The Morgan fingerprint density at radius 1 is 1.05 bits per heavy atom. The molecular formula is C32H35F3N2O5S. The van der Waals surface area contributed by atoms with Gasteiger partial charge >= 0.3 is 12.1 Å². The van der Waals surface area contributed by atoms with Crippen LogP contribution in [0.4, 0.5) is 18.9 Å². The van der Waals surface area contributed by atoms with Gasteiger partial charge in [-0.15, -0.1) is 0 Å². The molecule has 1 aliphatic heterocycles. The molecule has 3 aromatic rings. The molecular weight excluding hydrogens is 581 g/mol. The standard InChI is InChI=1S/C32H35F3N2O5S/c1-4-17-31(18-16-22-10-7-6-8-11-22)20-27(41-3)29(30(38)42-31)26(5-2)23-12-9-13-25(19-23)37-43(39,40)28-15-14-24(21-36-28)32(33,34)35/h6-15,19,21,26,37H,4-5,16-18,20H2,1-3H3/t26-,31-/m1/s1. The summed E-state index contributed by atoms with van der Waals surface area (Å²) in [5.41, 5.74) is 0.604. The number of anilines is 1. The van der Waals surface area contributed by atoms with E-state index in [-0.39, 0.29) is 5.69 Å². The van der Waals surface area contributed by atoms with E-state index in [0.717, 1.165) is 24.5 Å². The van der Waals surface area contributed by atoms with Crippen LogP contribution in [0.25, 0.3) is 0 Å². The Balaban J connectivity index is 1.60. The maximum atomic E-state index is 13.7. The van der Waals surface area contributed by atoms with Gasteiger partial charge < -0.3 is 9.47 Å². The number of benzene rings is 2. The number of alkyl halides is 3. The number of methoxy groups -OCH3 is 1. The van der Waals surface area contributed by atoms with E-state index < -0.39 is 44.3 Å². The molecule has 0 radical (unpaired) electrons. The highest BCUT2D eigenvalue weighted by molar-refractivity contribution is 7.92. The Morgan fingerprint density at radius 3 is 2.40 bits per heavy atom. The van der Waals surface area contributed by atoms with Crippen molar-refractivity contribution < 1.29 is 35.9 Å². The lowest BCUT2D eigenvalue weighted by molar-refractivity contribution is -0.161. The van der Waals surface area contributed by atoms with Crippen LogP contribution >= 0.6 is 0 Å². The number of cyclic esters (lactones) is 1. The minimum absolute atomic E-state index is 0.171. The first-order valence-electron chi connectivity index (χ1n) is 14.1. The van der Waals surface area contributed by atoms with Crippen LogP contribution in [0.2, 0.25) is 0 Å². The molecule has 2 atom stereocenters. The second-order valence-corrected chi connectivity index (χ2v) is 12.2. The van der Waals surface area contributed by atoms with Crippen LogP contribution in [-0.4, -0.2) is 32.1 Å². The number of nitrogens with one attached hydrogen (secondary N) is 1. The topological polar surface area (TPSA) is 94.6 Å². The first-order chi connectivity index (χ1) is 20.4. The summed E-state index contributed by atoms with van der Waals surface area (Å²) in [5, 5.41) is -0.555. The molecule has 1 aromatic heterocycles. The molecule has 0 unspecified atom stereocenters. The zero-order valence-corrected chi connectivity index (χ0v) is 25.1. The van der Waals surface area contributed by atoms with Crippen LogP contribution in [0.15, 0.2) is 89.3 Å². The molecule has 43 heavy (non-hydrogen) atoms. The Morgan fingerprint density at radius 2 is 1.79 bits per heavy atom. The van der Waals surface area contributed by atoms with Gasteiger partial charge in [-0.2, -0.15) is 21.6 Å². The lowest BCUT2D eigenvalue weighted by Crippen LogP contribution is -2.42. The fourth-order valence-corrected chi connectivity index (χ4v) is 6.50. The van der Waals surface area contributed by atoms with Gasteiger partial charge in [0.05, 0.1) is 18.2 Å². The van der Waals surface area contributed by atoms with Gasteiger partial charge in [0, 0.05) is 24.2 Å². The lowest BCUT2D eigenvalue weighted by atomic mass is 9.80. The number of sulfonamides is 1. The van der Waals surface area contributed by atoms with Crippen LogP contribution in [-0.2, 0) is 36.9 Å². The average molecular weight is 617 g/mol. The summed E-state index contributed by atoms with van der Waals surface area (Å²) in [6.45, 7) is 3.95. The third-order valence-corrected chi connectivity index (χ3v) is 8.91. The zero-order chi connectivity index (χ0) is 31.3. The van der Waals surface area contributed by atoms with Crippen molar-refractivity contribution >= 4 is 21.7 Å². The van der Waals surface area contributed by atoms with Crippen molar-refractivity contribution in [3.8, 4) is 0 Å². The maximum Gasteiger partial charge on any atom is 0.417 e. The number of carbonyl (C=O) groups excluding carboxylic acids is 1. The summed E-state index contributed by atoms with van der Waals surface area (Å²) >= 11 is 0. The molecule has 2 heterocycles. The SMILES string of the molecule is CCC[C@@]1(CCc2ccccc2)CC(OC)=C([C@H](CC)c2cccc(NS(=O)(=O)c3ccc(C(F)(F)F)cn3)c2)C(=O)O1. The van der Waals surface area contributed by atoms with Crippen LogP contribution in [0.3, 0.4) is 0 Å². The minimum Gasteiger partial charge on any atom is -0.500 e. The third-order valence-electron chi connectivity index (χ3n) is 7.61. The number of hydrogen-bond acceptors (Lipinski definition) is 6. The zero-order valence-electron chi connectivity index (χ0n) is 24.3. The fraction of sp³-hybridized carbons (Fsp3) is 0.375. The number of carbonyl (C=O) groups is 1. The quantitative estimate of drug-likeness (QED) is 0.213. The van der Waals surface area contributed by atoms with Gasteiger partial charge in [-0.25, -0.2) is 9.78 Å². The summed E-state index contributed by atoms with van der Waals surface area (Å²) in [7, 11) is -2.75. The monoisotopic (exact) mass is 616 g/mol. The molecule has 1 aliphatic rings. The fourth-order valence-electron chi connectivity index (χ4n) is 5.52. The predicted molar refractivity (Wildman–Crippen MR) is 157 cm³/mol. The molecule has 0 bridgehead atoms. The number of rotatable bonds is 12. The van der Waals surface area contributed by atoms with Crippen LogP contribution in [0, 0.1) is 0 Å². The van der Waals surface area contributed by atoms with Crippen molar-refractivity contribution in [1.82, 2.24) is 4.98 Å². The van der Waals surface area contributed by atoms with Gasteiger partial charge in [-0.1, -0.05) is 62.7 Å². The first kappa shape index (κ1) is 32.1. The Kier molecular flexibility index (Phi) is 9.84. The smallest absolute Gasteiger partial charge is 0.417 e. The highest BCUT2D eigenvalue weighted by Crippen LogP contribution is 2.43. The van der Waals surface area contributed by atoms with Crippen molar-refractivity contribution in [2.24, 2.45) is 0 Å². The molecule has 0 amide bonds. The molecule has 4 rings (SSSR count). The third kappa shape index (κ3) is 7.57. The number of aryl methyl sites for hydroxylation is 1. The number of ether oxygens (including phenoxy) is 2. The normalized spacial score (nSPS) is 18.2. The van der Waals surface area contributed by atoms with E-state index in [9.17, 15) is 26.4 Å². The van der Waals surface area contributed by atoms with E-state index in [4.69, 9.17) is 9.47 Å². The molecule has 0 fully saturated rings. The van der Waals surface area contributed by atoms with Crippen molar-refractivity contribution in [3.63, 3.8) is 0 Å². The summed E-state index contributed by atoms with van der Waals surface area (Å²) in [6.07, 6.45) is -0.355. The van der Waals surface area contributed by atoms with Gasteiger partial charge in [0.2, 0.25) is 0 Å². The second kappa shape index (κ2) is 13.2. The molecule has 11 heteroatoms. The number of aromatic nitrogens is 1. The van der Waals surface area contributed by atoms with Crippen molar-refractivity contribution in [2.45, 2.75) is 75.1 Å². The lowest BCUT2D eigenvalue weighted by Gasteiger charge is -2.39. The number of hydrogen-bond donors (Lipinski definition) is 1. The van der Waals surface area contributed by atoms with E-state index in [1.165, 1.54) is 13.2 Å². The van der Waals surface area contributed by atoms with E-state index in [2.05, 4.69) is 9.71 Å².